The second-order valence-electron chi connectivity index (χ2n) is 8.16. The quantitative estimate of drug-likeness (QED) is 0.618. The van der Waals surface area contributed by atoms with Gasteiger partial charge in [0, 0.05) is 25.2 Å². The van der Waals surface area contributed by atoms with Crippen LogP contribution >= 0.6 is 0 Å². The van der Waals surface area contributed by atoms with Gasteiger partial charge in [-0.3, -0.25) is 14.3 Å². The van der Waals surface area contributed by atoms with Gasteiger partial charge in [-0.2, -0.15) is 5.10 Å². The minimum Gasteiger partial charge on any atom is -0.335 e. The molecule has 160 valence electrons. The summed E-state index contributed by atoms with van der Waals surface area (Å²) in [6.07, 6.45) is 1.06. The molecule has 3 aromatic rings. The molecule has 0 saturated carbocycles. The molecule has 0 spiro atoms. The summed E-state index contributed by atoms with van der Waals surface area (Å²) in [5.41, 5.74) is 3.74. The number of nitrogens with one attached hydrogen (secondary N) is 1. The minimum atomic E-state index is -0.178. The Bertz CT molecular complexity index is 1100. The van der Waals surface area contributed by atoms with Gasteiger partial charge in [-0.05, 0) is 50.8 Å². The minimum absolute atomic E-state index is 0.0451. The molecule has 30 heavy (non-hydrogen) atoms. The fraction of sp³-hybridized carbons (Fsp3) is 0.478. The molecule has 0 bridgehead atoms. The number of carbonyl (C=O) groups excluding carboxylic acids is 1. The average molecular weight is 410 g/mol. The van der Waals surface area contributed by atoms with Crippen LogP contribution in [0, 0.1) is 19.8 Å². The largest absolute Gasteiger partial charge is 0.335 e. The van der Waals surface area contributed by atoms with Gasteiger partial charge >= 0.3 is 0 Å². The van der Waals surface area contributed by atoms with Gasteiger partial charge in [-0.1, -0.05) is 26.0 Å². The van der Waals surface area contributed by atoms with Crippen molar-refractivity contribution in [3.63, 3.8) is 0 Å². The lowest BCUT2D eigenvalue weighted by atomic mass is 10.1. The number of benzene rings is 1. The predicted octanol–water partition coefficient (Wildman–Crippen LogP) is 3.37. The first-order valence-electron chi connectivity index (χ1n) is 10.6. The van der Waals surface area contributed by atoms with Gasteiger partial charge in [0.25, 0.3) is 5.56 Å². The van der Waals surface area contributed by atoms with Crippen LogP contribution < -0.4 is 5.56 Å². The zero-order valence-electron chi connectivity index (χ0n) is 18.5. The highest BCUT2D eigenvalue weighted by molar-refractivity contribution is 5.78. The van der Waals surface area contributed by atoms with E-state index < -0.39 is 0 Å². The van der Waals surface area contributed by atoms with Gasteiger partial charge in [0.15, 0.2) is 0 Å². The summed E-state index contributed by atoms with van der Waals surface area (Å²) in [7, 11) is 0. The van der Waals surface area contributed by atoms with Crippen LogP contribution in [-0.2, 0) is 24.3 Å². The van der Waals surface area contributed by atoms with Gasteiger partial charge in [-0.25, -0.2) is 4.98 Å². The zero-order valence-corrected chi connectivity index (χ0v) is 18.5. The van der Waals surface area contributed by atoms with Crippen LogP contribution in [-0.4, -0.2) is 37.1 Å². The van der Waals surface area contributed by atoms with E-state index in [9.17, 15) is 9.59 Å². The van der Waals surface area contributed by atoms with E-state index in [1.165, 1.54) is 0 Å². The molecule has 7 heteroatoms. The first-order chi connectivity index (χ1) is 14.3. The standard InChI is InChI=1S/C23H31N5O2/c1-6-27(14-21-24-20-10-8-7-9-19(20)23(30)25-21)22(29)12-11-18-16(4)26-28(17(18)5)13-15(2)3/h7-10,15H,6,11-14H2,1-5H3,(H,24,25,30). The number of amides is 1. The lowest BCUT2D eigenvalue weighted by molar-refractivity contribution is -0.131. The lowest BCUT2D eigenvalue weighted by Gasteiger charge is -2.20. The molecule has 0 unspecified atom stereocenters. The third kappa shape index (κ3) is 4.78. The van der Waals surface area contributed by atoms with Gasteiger partial charge in [0.1, 0.15) is 5.82 Å². The lowest BCUT2D eigenvalue weighted by Crippen LogP contribution is -2.32. The Hall–Kier alpha value is -2.96. The first-order valence-corrected chi connectivity index (χ1v) is 10.6. The summed E-state index contributed by atoms with van der Waals surface area (Å²) in [4.78, 5) is 34.2. The second-order valence-corrected chi connectivity index (χ2v) is 8.16. The smallest absolute Gasteiger partial charge is 0.258 e. The number of fused-ring (bicyclic) bond motifs is 1. The number of carbonyl (C=O) groups is 1. The average Bonchev–Trinajstić information content (AvgIpc) is 2.96. The van der Waals surface area contributed by atoms with E-state index in [-0.39, 0.29) is 11.5 Å². The number of para-hydroxylation sites is 1. The van der Waals surface area contributed by atoms with Crippen molar-refractivity contribution in [3.8, 4) is 0 Å². The van der Waals surface area contributed by atoms with Crippen LogP contribution in [0.3, 0.4) is 0 Å². The molecular formula is C23H31N5O2. The van der Waals surface area contributed by atoms with Gasteiger partial charge < -0.3 is 9.88 Å². The fourth-order valence-corrected chi connectivity index (χ4v) is 3.78. The number of H-pyrrole nitrogens is 1. The van der Waals surface area contributed by atoms with E-state index in [1.807, 2.05) is 36.7 Å². The summed E-state index contributed by atoms with van der Waals surface area (Å²) in [5, 5.41) is 5.20. The molecular weight excluding hydrogens is 378 g/mol. The maximum absolute atomic E-state index is 12.9. The Labute approximate surface area is 177 Å². The third-order valence-electron chi connectivity index (χ3n) is 5.40. The summed E-state index contributed by atoms with van der Waals surface area (Å²) in [6.45, 7) is 12.1. The summed E-state index contributed by atoms with van der Waals surface area (Å²) in [5.74, 6) is 1.07. The summed E-state index contributed by atoms with van der Waals surface area (Å²) in [6, 6.07) is 7.23. The molecule has 7 nitrogen and oxygen atoms in total. The van der Waals surface area contributed by atoms with Crippen LogP contribution in [0.25, 0.3) is 10.9 Å². The summed E-state index contributed by atoms with van der Waals surface area (Å²) < 4.78 is 2.04. The van der Waals surface area contributed by atoms with E-state index >= 15 is 0 Å². The maximum atomic E-state index is 12.9. The van der Waals surface area contributed by atoms with Crippen LogP contribution in [0.5, 0.6) is 0 Å². The molecule has 0 atom stereocenters. The van der Waals surface area contributed by atoms with Crippen molar-refractivity contribution in [3.05, 3.63) is 57.4 Å². The molecule has 0 aliphatic rings. The van der Waals surface area contributed by atoms with E-state index in [0.717, 1.165) is 23.5 Å². The van der Waals surface area contributed by atoms with Gasteiger partial charge in [0.2, 0.25) is 5.91 Å². The molecule has 0 fully saturated rings. The van der Waals surface area contributed by atoms with Crippen LogP contribution in [0.4, 0.5) is 0 Å². The van der Waals surface area contributed by atoms with E-state index in [2.05, 4.69) is 35.8 Å². The Balaban J connectivity index is 1.70. The van der Waals surface area contributed by atoms with Crippen LogP contribution in [0.2, 0.25) is 0 Å². The number of aromatic amines is 1. The fourth-order valence-electron chi connectivity index (χ4n) is 3.78. The normalized spacial score (nSPS) is 11.4. The monoisotopic (exact) mass is 409 g/mol. The number of rotatable bonds is 8. The second kappa shape index (κ2) is 9.24. The number of hydrogen-bond donors (Lipinski definition) is 1. The van der Waals surface area contributed by atoms with Crippen LogP contribution in [0.1, 0.15) is 50.0 Å². The highest BCUT2D eigenvalue weighted by Gasteiger charge is 2.18. The first kappa shape index (κ1) is 21.7. The van der Waals surface area contributed by atoms with Crippen molar-refractivity contribution in [1.82, 2.24) is 24.6 Å². The summed E-state index contributed by atoms with van der Waals surface area (Å²) >= 11 is 0. The molecule has 0 aliphatic heterocycles. The number of hydrogen-bond acceptors (Lipinski definition) is 4. The van der Waals surface area contributed by atoms with E-state index in [1.54, 1.807) is 11.0 Å². The zero-order chi connectivity index (χ0) is 21.8. The van der Waals surface area contributed by atoms with E-state index in [0.29, 0.717) is 48.6 Å². The number of aryl methyl sites for hydroxylation is 1. The van der Waals surface area contributed by atoms with Gasteiger partial charge in [0.05, 0.1) is 23.1 Å². The van der Waals surface area contributed by atoms with E-state index in [4.69, 9.17) is 0 Å². The number of nitrogens with zero attached hydrogens (tertiary/aromatic N) is 4. The van der Waals surface area contributed by atoms with Crippen LogP contribution in [0.15, 0.2) is 29.1 Å². The molecule has 0 saturated heterocycles. The third-order valence-corrected chi connectivity index (χ3v) is 5.40. The Morgan fingerprint density at radius 1 is 1.23 bits per heavy atom. The van der Waals surface area contributed by atoms with Crippen molar-refractivity contribution in [1.29, 1.82) is 0 Å². The Morgan fingerprint density at radius 3 is 2.67 bits per heavy atom. The maximum Gasteiger partial charge on any atom is 0.258 e. The van der Waals surface area contributed by atoms with Crippen molar-refractivity contribution >= 4 is 16.8 Å². The molecule has 0 aliphatic carbocycles. The Kier molecular flexibility index (Phi) is 6.70. The van der Waals surface area contributed by atoms with Crippen molar-refractivity contribution in [2.24, 2.45) is 5.92 Å². The molecule has 3 rings (SSSR count). The van der Waals surface area contributed by atoms with Crippen molar-refractivity contribution in [2.75, 3.05) is 6.54 Å². The molecule has 1 N–H and O–H groups in total. The predicted molar refractivity (Wildman–Crippen MR) is 118 cm³/mol. The van der Waals surface area contributed by atoms with Crippen molar-refractivity contribution in [2.45, 2.75) is 60.5 Å². The molecule has 2 aromatic heterocycles. The highest BCUT2D eigenvalue weighted by Crippen LogP contribution is 2.17. The highest BCUT2D eigenvalue weighted by atomic mass is 16.2. The van der Waals surface area contributed by atoms with Gasteiger partial charge in [-0.15, -0.1) is 0 Å². The molecule has 2 heterocycles. The molecule has 1 aromatic carbocycles. The van der Waals surface area contributed by atoms with Crippen molar-refractivity contribution < 1.29 is 4.79 Å². The topological polar surface area (TPSA) is 83.9 Å². The SMILES string of the molecule is CCN(Cc1nc2ccccc2c(=O)[nH]1)C(=O)CCc1c(C)nn(CC(C)C)c1C. The molecule has 1 amide bonds. The molecule has 0 radical (unpaired) electrons. The number of aromatic nitrogens is 4. The Morgan fingerprint density at radius 2 is 1.97 bits per heavy atom.